The molecule has 1 saturated carbocycles. The number of nitrogens with zero attached hydrogens (tertiary/aromatic N) is 1. The summed E-state index contributed by atoms with van der Waals surface area (Å²) >= 11 is 6.05. The van der Waals surface area contributed by atoms with Gasteiger partial charge in [0.2, 0.25) is 11.8 Å². The van der Waals surface area contributed by atoms with Gasteiger partial charge in [-0.15, -0.1) is 0 Å². The molecule has 0 spiro atoms. The zero-order valence-corrected chi connectivity index (χ0v) is 11.6. The van der Waals surface area contributed by atoms with E-state index in [4.69, 9.17) is 26.8 Å². The molecular weight excluding hydrogens is 276 g/mol. The van der Waals surface area contributed by atoms with Crippen molar-refractivity contribution in [1.82, 2.24) is 4.98 Å². The summed E-state index contributed by atoms with van der Waals surface area (Å²) in [5.41, 5.74) is 6.36. The van der Waals surface area contributed by atoms with Crippen molar-refractivity contribution >= 4 is 17.3 Å². The van der Waals surface area contributed by atoms with Crippen LogP contribution in [-0.2, 0) is 0 Å². The quantitative estimate of drug-likeness (QED) is 0.907. The third kappa shape index (κ3) is 3.14. The summed E-state index contributed by atoms with van der Waals surface area (Å²) in [5, 5.41) is 0.534. The molecule has 1 fully saturated rings. The van der Waals surface area contributed by atoms with Crippen LogP contribution in [0.5, 0.6) is 17.5 Å². The first kappa shape index (κ1) is 13.1. The Morgan fingerprint density at radius 2 is 2.00 bits per heavy atom. The predicted molar refractivity (Wildman–Crippen MR) is 78.4 cm³/mol. The number of nitrogen functional groups attached to an aromatic ring is 1. The number of para-hydroxylation sites is 1. The number of pyridine rings is 1. The van der Waals surface area contributed by atoms with Gasteiger partial charge in [0.15, 0.2) is 0 Å². The summed E-state index contributed by atoms with van der Waals surface area (Å²) in [7, 11) is 0. The summed E-state index contributed by atoms with van der Waals surface area (Å²) in [6.07, 6.45) is 2.44. The fraction of sp³-hybridized carbons (Fsp3) is 0.267. The maximum atomic E-state index is 6.05. The molecule has 2 N–H and O–H groups in total. The van der Waals surface area contributed by atoms with E-state index in [9.17, 15) is 0 Å². The highest BCUT2D eigenvalue weighted by Crippen LogP contribution is 2.32. The smallest absolute Gasteiger partial charge is 0.240 e. The Morgan fingerprint density at radius 3 is 2.75 bits per heavy atom. The maximum Gasteiger partial charge on any atom is 0.240 e. The Labute approximate surface area is 122 Å². The summed E-state index contributed by atoms with van der Waals surface area (Å²) in [6.45, 7) is 0.659. The van der Waals surface area contributed by atoms with Crippen LogP contribution in [0.3, 0.4) is 0 Å². The van der Waals surface area contributed by atoms with Gasteiger partial charge in [-0.1, -0.05) is 23.7 Å². The van der Waals surface area contributed by atoms with E-state index in [1.54, 1.807) is 24.3 Å². The van der Waals surface area contributed by atoms with Crippen molar-refractivity contribution in [1.29, 1.82) is 0 Å². The van der Waals surface area contributed by atoms with Crippen molar-refractivity contribution in [2.24, 2.45) is 5.92 Å². The number of benzene rings is 1. The number of rotatable bonds is 5. The van der Waals surface area contributed by atoms with Crippen LogP contribution in [0.2, 0.25) is 5.02 Å². The van der Waals surface area contributed by atoms with Crippen molar-refractivity contribution in [3.8, 4) is 17.5 Å². The van der Waals surface area contributed by atoms with Crippen LogP contribution in [0.1, 0.15) is 12.8 Å². The predicted octanol–water partition coefficient (Wildman–Crippen LogP) is 3.90. The number of halogens is 1. The fourth-order valence-electron chi connectivity index (χ4n) is 1.73. The first-order valence-electron chi connectivity index (χ1n) is 6.54. The zero-order valence-electron chi connectivity index (χ0n) is 10.9. The van der Waals surface area contributed by atoms with E-state index in [1.807, 2.05) is 12.1 Å². The molecule has 1 aliphatic rings. The summed E-state index contributed by atoms with van der Waals surface area (Å²) in [4.78, 5) is 4.28. The molecule has 0 unspecified atom stereocenters. The van der Waals surface area contributed by atoms with Gasteiger partial charge in [0.25, 0.3) is 0 Å². The van der Waals surface area contributed by atoms with Crippen LogP contribution in [0, 0.1) is 5.92 Å². The topological polar surface area (TPSA) is 57.4 Å². The highest BCUT2D eigenvalue weighted by Gasteiger charge is 2.22. The summed E-state index contributed by atoms with van der Waals surface area (Å²) < 4.78 is 11.3. The van der Waals surface area contributed by atoms with E-state index < -0.39 is 0 Å². The second-order valence-electron chi connectivity index (χ2n) is 4.83. The van der Waals surface area contributed by atoms with Gasteiger partial charge in [-0.25, -0.2) is 0 Å². The first-order valence-corrected chi connectivity index (χ1v) is 6.92. The monoisotopic (exact) mass is 290 g/mol. The van der Waals surface area contributed by atoms with E-state index in [-0.39, 0.29) is 0 Å². The average Bonchev–Trinajstić information content (AvgIpc) is 3.26. The lowest BCUT2D eigenvalue weighted by Crippen LogP contribution is -2.04. The second-order valence-corrected chi connectivity index (χ2v) is 5.24. The van der Waals surface area contributed by atoms with Crippen molar-refractivity contribution in [3.05, 3.63) is 41.4 Å². The molecule has 3 rings (SSSR count). The molecule has 0 bridgehead atoms. The average molecular weight is 291 g/mol. The summed E-state index contributed by atoms with van der Waals surface area (Å²) in [6, 6.07) is 10.7. The Bertz CT molecular complexity index is 615. The lowest BCUT2D eigenvalue weighted by atomic mass is 10.3. The minimum atomic E-state index is 0.415. The van der Waals surface area contributed by atoms with Crippen LogP contribution >= 0.6 is 11.6 Å². The van der Waals surface area contributed by atoms with Crippen LogP contribution in [-0.4, -0.2) is 11.6 Å². The van der Waals surface area contributed by atoms with Gasteiger partial charge in [0, 0.05) is 6.07 Å². The molecule has 4 nitrogen and oxygen atoms in total. The summed E-state index contributed by atoms with van der Waals surface area (Å²) in [5.74, 6) is 2.03. The molecular formula is C15H15ClN2O2. The number of hydrogen-bond donors (Lipinski definition) is 1. The van der Waals surface area contributed by atoms with E-state index in [1.165, 1.54) is 12.8 Å². The molecule has 0 saturated heterocycles. The molecule has 2 aromatic rings. The number of hydrogen-bond acceptors (Lipinski definition) is 4. The van der Waals surface area contributed by atoms with E-state index in [0.29, 0.717) is 40.7 Å². The molecule has 1 aliphatic carbocycles. The minimum Gasteiger partial charge on any atom is -0.476 e. The van der Waals surface area contributed by atoms with E-state index >= 15 is 0 Å². The van der Waals surface area contributed by atoms with Crippen molar-refractivity contribution in [3.63, 3.8) is 0 Å². The molecule has 0 aliphatic heterocycles. The molecule has 1 aromatic carbocycles. The fourth-order valence-corrected chi connectivity index (χ4v) is 1.90. The van der Waals surface area contributed by atoms with Crippen LogP contribution in [0.4, 0.5) is 5.69 Å². The van der Waals surface area contributed by atoms with Crippen molar-refractivity contribution in [2.75, 3.05) is 12.3 Å². The Morgan fingerprint density at radius 1 is 1.20 bits per heavy atom. The molecule has 104 valence electrons. The van der Waals surface area contributed by atoms with Crippen LogP contribution in [0.15, 0.2) is 36.4 Å². The zero-order chi connectivity index (χ0) is 13.9. The molecule has 1 aromatic heterocycles. The third-order valence-electron chi connectivity index (χ3n) is 3.07. The van der Waals surface area contributed by atoms with Crippen LogP contribution in [0.25, 0.3) is 0 Å². The SMILES string of the molecule is Nc1ccc(Oc2ccccc2Cl)nc1OCC1CC1. The Balaban J connectivity index is 1.75. The third-order valence-corrected chi connectivity index (χ3v) is 3.38. The first-order chi connectivity index (χ1) is 9.72. The van der Waals surface area contributed by atoms with Gasteiger partial charge in [-0.05, 0) is 37.0 Å². The van der Waals surface area contributed by atoms with Gasteiger partial charge < -0.3 is 15.2 Å². The maximum absolute atomic E-state index is 6.05. The highest BCUT2D eigenvalue weighted by molar-refractivity contribution is 6.32. The normalized spacial score (nSPS) is 14.1. The molecule has 0 radical (unpaired) electrons. The minimum absolute atomic E-state index is 0.415. The van der Waals surface area contributed by atoms with Gasteiger partial charge in [0.05, 0.1) is 17.3 Å². The number of ether oxygens (including phenoxy) is 2. The largest absolute Gasteiger partial charge is 0.476 e. The molecule has 5 heteroatoms. The number of nitrogens with two attached hydrogens (primary N) is 1. The molecule has 0 amide bonds. The Hall–Kier alpha value is -1.94. The lowest BCUT2D eigenvalue weighted by molar-refractivity contribution is 0.286. The molecule has 20 heavy (non-hydrogen) atoms. The van der Waals surface area contributed by atoms with Crippen molar-refractivity contribution < 1.29 is 9.47 Å². The van der Waals surface area contributed by atoms with Gasteiger partial charge in [0.1, 0.15) is 5.75 Å². The van der Waals surface area contributed by atoms with E-state index in [2.05, 4.69) is 4.98 Å². The number of anilines is 1. The standard InChI is InChI=1S/C15H15ClN2O2/c16-11-3-1-2-4-13(11)20-14-8-7-12(17)15(18-14)19-9-10-5-6-10/h1-4,7-8,10H,5-6,9,17H2. The van der Waals surface area contributed by atoms with Gasteiger partial charge >= 0.3 is 0 Å². The van der Waals surface area contributed by atoms with E-state index in [0.717, 1.165) is 0 Å². The number of aromatic nitrogens is 1. The molecule has 1 heterocycles. The lowest BCUT2D eigenvalue weighted by Gasteiger charge is -2.10. The Kier molecular flexibility index (Phi) is 3.65. The van der Waals surface area contributed by atoms with Gasteiger partial charge in [-0.2, -0.15) is 4.98 Å². The molecule has 0 atom stereocenters. The van der Waals surface area contributed by atoms with Crippen LogP contribution < -0.4 is 15.2 Å². The highest BCUT2D eigenvalue weighted by atomic mass is 35.5. The van der Waals surface area contributed by atoms with Gasteiger partial charge in [-0.3, -0.25) is 0 Å². The van der Waals surface area contributed by atoms with Crippen molar-refractivity contribution in [2.45, 2.75) is 12.8 Å². The second kappa shape index (κ2) is 5.59.